The van der Waals surface area contributed by atoms with E-state index in [-0.39, 0.29) is 5.78 Å². The van der Waals surface area contributed by atoms with Crippen molar-refractivity contribution >= 4 is 28.7 Å². The molecule has 3 nitrogen and oxygen atoms in total. The second-order valence-electron chi connectivity index (χ2n) is 4.71. The van der Waals surface area contributed by atoms with Crippen molar-refractivity contribution in [2.75, 3.05) is 19.6 Å². The van der Waals surface area contributed by atoms with Crippen LogP contribution in [0.3, 0.4) is 0 Å². The molecule has 0 aliphatic rings. The van der Waals surface area contributed by atoms with Gasteiger partial charge in [-0.2, -0.15) is 0 Å². The van der Waals surface area contributed by atoms with Gasteiger partial charge in [0.1, 0.15) is 0 Å². The molecule has 0 aromatic carbocycles. The van der Waals surface area contributed by atoms with Crippen LogP contribution in [-0.2, 0) is 7.05 Å². The standard InChI is InChI=1S/C15H19ClN2OS/c1-4-18(5-2)10-13(19)11-8-12(17(3)9-11)14-6-7-15(16)20-14/h6-9H,4-5,10H2,1-3H3. The van der Waals surface area contributed by atoms with Crippen molar-refractivity contribution in [3.05, 3.63) is 34.3 Å². The number of nitrogens with zero attached hydrogens (tertiary/aromatic N) is 2. The molecule has 2 heterocycles. The summed E-state index contributed by atoms with van der Waals surface area (Å²) >= 11 is 7.50. The molecule has 2 aromatic rings. The van der Waals surface area contributed by atoms with Crippen molar-refractivity contribution in [1.29, 1.82) is 0 Å². The second-order valence-corrected chi connectivity index (χ2v) is 6.43. The Kier molecular flexibility index (Phi) is 5.02. The molecule has 0 atom stereocenters. The zero-order chi connectivity index (χ0) is 14.7. The van der Waals surface area contributed by atoms with Crippen LogP contribution in [0.5, 0.6) is 0 Å². The van der Waals surface area contributed by atoms with Crippen LogP contribution < -0.4 is 0 Å². The van der Waals surface area contributed by atoms with Crippen LogP contribution in [0.25, 0.3) is 10.6 Å². The lowest BCUT2D eigenvalue weighted by molar-refractivity contribution is 0.0937. The first-order chi connectivity index (χ1) is 9.55. The van der Waals surface area contributed by atoms with Gasteiger partial charge in [0.05, 0.1) is 21.5 Å². The van der Waals surface area contributed by atoms with E-state index in [1.807, 2.05) is 36.0 Å². The first-order valence-electron chi connectivity index (χ1n) is 6.72. The maximum absolute atomic E-state index is 12.3. The van der Waals surface area contributed by atoms with E-state index < -0.39 is 0 Å². The maximum Gasteiger partial charge on any atom is 0.178 e. The smallest absolute Gasteiger partial charge is 0.178 e. The predicted octanol–water partition coefficient (Wildman–Crippen LogP) is 3.93. The number of likely N-dealkylation sites (N-methyl/N-ethyl adjacent to an activating group) is 1. The number of hydrogen-bond donors (Lipinski definition) is 0. The fraction of sp³-hybridized carbons (Fsp3) is 0.400. The van der Waals surface area contributed by atoms with E-state index >= 15 is 0 Å². The maximum atomic E-state index is 12.3. The topological polar surface area (TPSA) is 25.2 Å². The van der Waals surface area contributed by atoms with Gasteiger partial charge in [-0.3, -0.25) is 9.69 Å². The number of aromatic nitrogens is 1. The third-order valence-corrected chi connectivity index (χ3v) is 4.67. The van der Waals surface area contributed by atoms with E-state index in [1.54, 1.807) is 0 Å². The Bertz CT molecular complexity index is 599. The van der Waals surface area contributed by atoms with Gasteiger partial charge in [0, 0.05) is 18.8 Å². The van der Waals surface area contributed by atoms with Crippen LogP contribution >= 0.6 is 22.9 Å². The largest absolute Gasteiger partial charge is 0.349 e. The highest BCUT2D eigenvalue weighted by molar-refractivity contribution is 7.19. The van der Waals surface area contributed by atoms with E-state index in [0.717, 1.165) is 33.6 Å². The molecule has 0 aliphatic carbocycles. The first kappa shape index (κ1) is 15.3. The van der Waals surface area contributed by atoms with Gasteiger partial charge in [-0.15, -0.1) is 11.3 Å². The van der Waals surface area contributed by atoms with Gasteiger partial charge in [0.25, 0.3) is 0 Å². The fourth-order valence-electron chi connectivity index (χ4n) is 2.16. The summed E-state index contributed by atoms with van der Waals surface area (Å²) in [7, 11) is 1.96. The lowest BCUT2D eigenvalue weighted by atomic mass is 10.2. The number of aryl methyl sites for hydroxylation is 1. The van der Waals surface area contributed by atoms with E-state index in [2.05, 4.69) is 18.7 Å². The molecular weight excluding hydrogens is 292 g/mol. The Morgan fingerprint density at radius 1 is 1.35 bits per heavy atom. The molecule has 0 N–H and O–H groups in total. The average Bonchev–Trinajstić information content (AvgIpc) is 3.01. The highest BCUT2D eigenvalue weighted by Crippen LogP contribution is 2.31. The van der Waals surface area contributed by atoms with Gasteiger partial charge >= 0.3 is 0 Å². The van der Waals surface area contributed by atoms with Gasteiger partial charge in [0.15, 0.2) is 5.78 Å². The quantitative estimate of drug-likeness (QED) is 0.755. The summed E-state index contributed by atoms with van der Waals surface area (Å²) < 4.78 is 2.75. The molecule has 0 bridgehead atoms. The van der Waals surface area contributed by atoms with Crippen molar-refractivity contribution in [3.8, 4) is 10.6 Å². The van der Waals surface area contributed by atoms with Crippen LogP contribution in [0.1, 0.15) is 24.2 Å². The molecule has 0 fully saturated rings. The Balaban J connectivity index is 2.21. The normalized spacial score (nSPS) is 11.2. The van der Waals surface area contributed by atoms with E-state index in [1.165, 1.54) is 11.3 Å². The minimum absolute atomic E-state index is 0.165. The lowest BCUT2D eigenvalue weighted by Crippen LogP contribution is -2.29. The van der Waals surface area contributed by atoms with Crippen molar-refractivity contribution < 1.29 is 4.79 Å². The number of carbonyl (C=O) groups excluding carboxylic acids is 1. The Morgan fingerprint density at radius 2 is 2.05 bits per heavy atom. The molecule has 0 aliphatic heterocycles. The van der Waals surface area contributed by atoms with Gasteiger partial charge in [0.2, 0.25) is 0 Å². The molecule has 0 radical (unpaired) electrons. The zero-order valence-electron chi connectivity index (χ0n) is 12.0. The number of carbonyl (C=O) groups is 1. The number of halogens is 1. The summed E-state index contributed by atoms with van der Waals surface area (Å²) in [6, 6.07) is 5.82. The molecule has 0 amide bonds. The number of rotatable bonds is 6. The zero-order valence-corrected chi connectivity index (χ0v) is 13.6. The Labute approximate surface area is 128 Å². The third-order valence-electron chi connectivity index (χ3n) is 3.41. The highest BCUT2D eigenvalue weighted by Gasteiger charge is 2.15. The SMILES string of the molecule is CCN(CC)CC(=O)c1cc(-c2ccc(Cl)s2)n(C)c1. The number of ketones is 1. The summed E-state index contributed by atoms with van der Waals surface area (Å²) in [5, 5.41) is 0. The molecular formula is C15H19ClN2OS. The monoisotopic (exact) mass is 310 g/mol. The van der Waals surface area contributed by atoms with Gasteiger partial charge < -0.3 is 4.57 Å². The molecule has 5 heteroatoms. The molecule has 0 saturated heterocycles. The summed E-state index contributed by atoms with van der Waals surface area (Å²) in [6.45, 7) is 6.40. The minimum atomic E-state index is 0.165. The number of Topliss-reactive ketones (excluding diaryl/α,β-unsaturated/α-hetero) is 1. The second kappa shape index (κ2) is 6.57. The molecule has 0 saturated carbocycles. The molecule has 0 spiro atoms. The molecule has 2 aromatic heterocycles. The number of hydrogen-bond acceptors (Lipinski definition) is 3. The fourth-order valence-corrected chi connectivity index (χ4v) is 3.26. The summed E-state index contributed by atoms with van der Waals surface area (Å²) in [4.78, 5) is 15.5. The number of thiophene rings is 1. The van der Waals surface area contributed by atoms with Gasteiger partial charge in [-0.05, 0) is 31.3 Å². The van der Waals surface area contributed by atoms with E-state index in [9.17, 15) is 4.79 Å². The molecule has 108 valence electrons. The Hall–Kier alpha value is -1.10. The van der Waals surface area contributed by atoms with E-state index in [4.69, 9.17) is 11.6 Å². The van der Waals surface area contributed by atoms with Gasteiger partial charge in [-0.25, -0.2) is 0 Å². The third kappa shape index (κ3) is 3.32. The molecule has 0 unspecified atom stereocenters. The van der Waals surface area contributed by atoms with Crippen LogP contribution in [0, 0.1) is 0 Å². The average molecular weight is 311 g/mol. The minimum Gasteiger partial charge on any atom is -0.349 e. The van der Waals surface area contributed by atoms with Crippen molar-refractivity contribution in [3.63, 3.8) is 0 Å². The first-order valence-corrected chi connectivity index (χ1v) is 7.92. The summed E-state index contributed by atoms with van der Waals surface area (Å²) in [5.74, 6) is 0.165. The van der Waals surface area contributed by atoms with Crippen molar-refractivity contribution in [2.45, 2.75) is 13.8 Å². The molecule has 2 rings (SSSR count). The van der Waals surface area contributed by atoms with Crippen molar-refractivity contribution in [2.24, 2.45) is 7.05 Å². The van der Waals surface area contributed by atoms with Crippen LogP contribution in [0.2, 0.25) is 4.34 Å². The summed E-state index contributed by atoms with van der Waals surface area (Å²) in [5.41, 5.74) is 1.80. The van der Waals surface area contributed by atoms with Crippen LogP contribution in [0.4, 0.5) is 0 Å². The highest BCUT2D eigenvalue weighted by atomic mass is 35.5. The predicted molar refractivity (Wildman–Crippen MR) is 85.9 cm³/mol. The lowest BCUT2D eigenvalue weighted by Gasteiger charge is -2.16. The Morgan fingerprint density at radius 3 is 2.60 bits per heavy atom. The van der Waals surface area contributed by atoms with Crippen LogP contribution in [-0.4, -0.2) is 34.9 Å². The molecule has 20 heavy (non-hydrogen) atoms. The van der Waals surface area contributed by atoms with E-state index in [0.29, 0.717) is 6.54 Å². The van der Waals surface area contributed by atoms with Crippen molar-refractivity contribution in [1.82, 2.24) is 9.47 Å². The van der Waals surface area contributed by atoms with Crippen LogP contribution in [0.15, 0.2) is 24.4 Å². The van der Waals surface area contributed by atoms with Gasteiger partial charge in [-0.1, -0.05) is 25.4 Å². The summed E-state index contributed by atoms with van der Waals surface area (Å²) in [6.07, 6.45) is 1.90.